The first-order valence-electron chi connectivity index (χ1n) is 7.65. The Morgan fingerprint density at radius 1 is 1.00 bits per heavy atom. The van der Waals surface area contributed by atoms with Crippen LogP contribution in [0.2, 0.25) is 5.02 Å². The van der Waals surface area contributed by atoms with Crippen molar-refractivity contribution in [1.29, 1.82) is 0 Å². The Morgan fingerprint density at radius 2 is 1.75 bits per heavy atom. The number of halogens is 1. The largest absolute Gasteiger partial charge is 0.273 e. The van der Waals surface area contributed by atoms with Gasteiger partial charge in [-0.3, -0.25) is 10.2 Å². The second-order valence-electron chi connectivity index (χ2n) is 5.71. The topological polar surface area (TPSA) is 75.3 Å². The zero-order valence-electron chi connectivity index (χ0n) is 12.9. The van der Waals surface area contributed by atoms with Gasteiger partial charge >= 0.3 is 0 Å². The lowest BCUT2D eigenvalue weighted by Crippen LogP contribution is -2.41. The number of hydrazine groups is 1. The maximum absolute atomic E-state index is 12.4. The number of hydrogen-bond donors (Lipinski definition) is 2. The number of benzene rings is 2. The summed E-state index contributed by atoms with van der Waals surface area (Å²) in [6, 6.07) is 11.4. The number of amides is 1. The number of hydrogen-bond acceptors (Lipinski definition) is 3. The molecule has 1 amide bonds. The van der Waals surface area contributed by atoms with Crippen LogP contribution in [0.25, 0.3) is 0 Å². The Balaban J connectivity index is 1.73. The van der Waals surface area contributed by atoms with Gasteiger partial charge in [0.05, 0.1) is 4.90 Å². The second kappa shape index (κ2) is 6.93. The molecule has 0 aliphatic heterocycles. The molecule has 0 bridgehead atoms. The third-order valence-electron chi connectivity index (χ3n) is 4.02. The molecule has 0 radical (unpaired) electrons. The third kappa shape index (κ3) is 3.77. The highest BCUT2D eigenvalue weighted by Crippen LogP contribution is 2.23. The van der Waals surface area contributed by atoms with Crippen LogP contribution in [0.4, 0.5) is 0 Å². The zero-order valence-corrected chi connectivity index (χ0v) is 14.5. The van der Waals surface area contributed by atoms with Gasteiger partial charge in [0.1, 0.15) is 0 Å². The molecular formula is C17H17ClN2O3S. The van der Waals surface area contributed by atoms with E-state index >= 15 is 0 Å². The minimum Gasteiger partial charge on any atom is -0.273 e. The summed E-state index contributed by atoms with van der Waals surface area (Å²) >= 11 is 5.82. The van der Waals surface area contributed by atoms with Crippen LogP contribution in [0.3, 0.4) is 0 Å². The molecule has 1 aliphatic carbocycles. The Hall–Kier alpha value is -1.89. The maximum Gasteiger partial charge on any atom is 0.266 e. The van der Waals surface area contributed by atoms with E-state index in [2.05, 4.69) is 10.3 Å². The van der Waals surface area contributed by atoms with Crippen molar-refractivity contribution in [3.05, 3.63) is 64.2 Å². The van der Waals surface area contributed by atoms with E-state index in [9.17, 15) is 13.2 Å². The summed E-state index contributed by atoms with van der Waals surface area (Å²) in [5.74, 6) is -0.570. The summed E-state index contributed by atoms with van der Waals surface area (Å²) in [5, 5.41) is 0.403. The first kappa shape index (κ1) is 17.0. The molecular weight excluding hydrogens is 348 g/mol. The number of nitrogens with one attached hydrogen (secondary N) is 2. The molecule has 2 aromatic rings. The number of fused-ring (bicyclic) bond motifs is 1. The Morgan fingerprint density at radius 3 is 2.50 bits per heavy atom. The van der Waals surface area contributed by atoms with Crippen molar-refractivity contribution in [3.8, 4) is 0 Å². The molecule has 7 heteroatoms. The fourth-order valence-corrected chi connectivity index (χ4v) is 3.83. The van der Waals surface area contributed by atoms with Gasteiger partial charge in [0.15, 0.2) is 0 Å². The first-order chi connectivity index (χ1) is 11.5. The van der Waals surface area contributed by atoms with Crippen molar-refractivity contribution in [1.82, 2.24) is 10.3 Å². The van der Waals surface area contributed by atoms with E-state index in [-0.39, 0.29) is 10.5 Å². The molecule has 0 fully saturated rings. The fraction of sp³-hybridized carbons (Fsp3) is 0.235. The standard InChI is InChI=1S/C17H17ClN2O3S/c18-15-7-3-6-14(10-15)17(21)19-20-24(22,23)16-9-8-12-4-1-2-5-13(12)11-16/h3,6-11,20H,1-2,4-5H2,(H,19,21). The highest BCUT2D eigenvalue weighted by atomic mass is 35.5. The van der Waals surface area contributed by atoms with E-state index in [1.54, 1.807) is 30.3 Å². The predicted molar refractivity (Wildman–Crippen MR) is 92.3 cm³/mol. The van der Waals surface area contributed by atoms with Gasteiger partial charge in [-0.1, -0.05) is 23.7 Å². The maximum atomic E-state index is 12.4. The number of sulfonamides is 1. The van der Waals surface area contributed by atoms with Crippen LogP contribution in [0, 0.1) is 0 Å². The van der Waals surface area contributed by atoms with Crippen molar-refractivity contribution >= 4 is 27.5 Å². The van der Waals surface area contributed by atoms with E-state index in [0.29, 0.717) is 5.02 Å². The number of aryl methyl sites for hydroxylation is 2. The molecule has 0 heterocycles. The van der Waals surface area contributed by atoms with Crippen molar-refractivity contribution in [2.45, 2.75) is 30.6 Å². The molecule has 0 aromatic heterocycles. The molecule has 0 spiro atoms. The molecule has 3 rings (SSSR count). The molecule has 0 atom stereocenters. The number of carbonyl (C=O) groups excluding carboxylic acids is 1. The summed E-state index contributed by atoms with van der Waals surface area (Å²) in [6.07, 6.45) is 4.06. The van der Waals surface area contributed by atoms with Gasteiger partial charge in [0.2, 0.25) is 0 Å². The molecule has 5 nitrogen and oxygen atoms in total. The molecule has 2 N–H and O–H groups in total. The van der Waals surface area contributed by atoms with Gasteiger partial charge in [-0.05, 0) is 67.1 Å². The van der Waals surface area contributed by atoms with Gasteiger partial charge < -0.3 is 0 Å². The Labute approximate surface area is 146 Å². The summed E-state index contributed by atoms with van der Waals surface area (Å²) in [6.45, 7) is 0. The minimum absolute atomic E-state index is 0.148. The lowest BCUT2D eigenvalue weighted by atomic mass is 9.92. The molecule has 24 heavy (non-hydrogen) atoms. The van der Waals surface area contributed by atoms with Gasteiger partial charge in [0.25, 0.3) is 15.9 Å². The molecule has 0 unspecified atom stereocenters. The second-order valence-corrected chi connectivity index (χ2v) is 7.83. The fourth-order valence-electron chi connectivity index (χ4n) is 2.75. The predicted octanol–water partition coefficient (Wildman–Crippen LogP) is 2.84. The van der Waals surface area contributed by atoms with E-state index in [1.807, 2.05) is 6.07 Å². The molecule has 0 saturated heterocycles. The summed E-state index contributed by atoms with van der Waals surface area (Å²) < 4.78 is 24.7. The lowest BCUT2D eigenvalue weighted by molar-refractivity contribution is 0.0945. The normalized spacial score (nSPS) is 14.0. The summed E-state index contributed by atoms with van der Waals surface area (Å²) in [4.78, 5) is 14.3. The molecule has 0 saturated carbocycles. The Kier molecular flexibility index (Phi) is 4.89. The zero-order chi connectivity index (χ0) is 17.2. The lowest BCUT2D eigenvalue weighted by Gasteiger charge is -2.17. The van der Waals surface area contributed by atoms with Crippen LogP contribution in [0.1, 0.15) is 34.3 Å². The minimum atomic E-state index is -3.82. The van der Waals surface area contributed by atoms with E-state index in [4.69, 9.17) is 11.6 Å². The van der Waals surface area contributed by atoms with Gasteiger partial charge in [0, 0.05) is 10.6 Å². The monoisotopic (exact) mass is 364 g/mol. The SMILES string of the molecule is O=C(NNS(=O)(=O)c1ccc2c(c1)CCCC2)c1cccc(Cl)c1. The molecule has 2 aromatic carbocycles. The summed E-state index contributed by atoms with van der Waals surface area (Å²) in [5.41, 5.74) is 4.74. The van der Waals surface area contributed by atoms with Crippen LogP contribution in [0.15, 0.2) is 47.4 Å². The van der Waals surface area contributed by atoms with Gasteiger partial charge in [-0.15, -0.1) is 4.83 Å². The van der Waals surface area contributed by atoms with E-state index in [0.717, 1.165) is 31.2 Å². The molecule has 126 valence electrons. The Bertz CT molecular complexity index is 881. The average Bonchev–Trinajstić information content (AvgIpc) is 2.59. The van der Waals surface area contributed by atoms with Crippen molar-refractivity contribution in [2.24, 2.45) is 0 Å². The molecule has 1 aliphatic rings. The summed E-state index contributed by atoms with van der Waals surface area (Å²) in [7, 11) is -3.82. The quantitative estimate of drug-likeness (QED) is 0.819. The smallest absolute Gasteiger partial charge is 0.266 e. The van der Waals surface area contributed by atoms with Crippen LogP contribution in [-0.2, 0) is 22.9 Å². The number of rotatable bonds is 4. The van der Waals surface area contributed by atoms with Crippen LogP contribution in [0.5, 0.6) is 0 Å². The first-order valence-corrected chi connectivity index (χ1v) is 9.51. The third-order valence-corrected chi connectivity index (χ3v) is 5.50. The van der Waals surface area contributed by atoms with Crippen molar-refractivity contribution < 1.29 is 13.2 Å². The van der Waals surface area contributed by atoms with Crippen molar-refractivity contribution in [3.63, 3.8) is 0 Å². The van der Waals surface area contributed by atoms with Crippen LogP contribution < -0.4 is 10.3 Å². The van der Waals surface area contributed by atoms with Crippen LogP contribution in [-0.4, -0.2) is 14.3 Å². The van der Waals surface area contributed by atoms with Gasteiger partial charge in [-0.2, -0.15) is 0 Å². The van der Waals surface area contributed by atoms with E-state index < -0.39 is 15.9 Å². The van der Waals surface area contributed by atoms with Crippen molar-refractivity contribution in [2.75, 3.05) is 0 Å². The number of carbonyl (C=O) groups is 1. The average molecular weight is 365 g/mol. The highest BCUT2D eigenvalue weighted by Gasteiger charge is 2.18. The van der Waals surface area contributed by atoms with Crippen LogP contribution >= 0.6 is 11.6 Å². The van der Waals surface area contributed by atoms with Gasteiger partial charge in [-0.25, -0.2) is 8.42 Å². The van der Waals surface area contributed by atoms with E-state index in [1.165, 1.54) is 11.6 Å². The highest BCUT2D eigenvalue weighted by molar-refractivity contribution is 7.89.